The quantitative estimate of drug-likeness (QED) is 0.234. The number of carboxylic acids is 1. The van der Waals surface area contributed by atoms with Gasteiger partial charge in [-0.3, -0.25) is 14.4 Å². The molecule has 5 rings (SSSR count). The number of benzene rings is 2. The topological polar surface area (TPSA) is 118 Å². The highest BCUT2D eigenvalue weighted by Gasteiger charge is 2.37. The Balaban J connectivity index is 1.62. The second-order valence-electron chi connectivity index (χ2n) is 12.9. The highest BCUT2D eigenvalue weighted by Crippen LogP contribution is 2.39. The highest BCUT2D eigenvalue weighted by molar-refractivity contribution is 7.98. The number of nitrogens with zero attached hydrogens (tertiary/aromatic N) is 1. The smallest absolute Gasteiger partial charge is 0.306 e. The van der Waals surface area contributed by atoms with Crippen LogP contribution in [0.3, 0.4) is 0 Å². The van der Waals surface area contributed by atoms with Gasteiger partial charge in [-0.15, -0.1) is 0 Å². The van der Waals surface area contributed by atoms with Gasteiger partial charge >= 0.3 is 5.97 Å². The summed E-state index contributed by atoms with van der Waals surface area (Å²) in [7, 11) is -1.10. The third-order valence-electron chi connectivity index (χ3n) is 8.50. The number of aromatic nitrogens is 1. The summed E-state index contributed by atoms with van der Waals surface area (Å²) in [6.45, 7) is 5.83. The maximum absolute atomic E-state index is 14.1. The zero-order valence-corrected chi connectivity index (χ0v) is 25.7. The Morgan fingerprint density at radius 2 is 1.60 bits per heavy atom. The van der Waals surface area contributed by atoms with E-state index >= 15 is 0 Å². The van der Waals surface area contributed by atoms with Gasteiger partial charge in [-0.1, -0.05) is 49.6 Å². The number of fused-ring (bicyclic) bond motifs is 1. The van der Waals surface area contributed by atoms with Gasteiger partial charge in [0.2, 0.25) is 0 Å². The van der Waals surface area contributed by atoms with E-state index in [0.717, 1.165) is 48.4 Å². The van der Waals surface area contributed by atoms with Crippen molar-refractivity contribution in [1.29, 1.82) is 0 Å². The molecule has 2 aromatic carbocycles. The number of rotatable bonds is 8. The number of ketones is 1. The van der Waals surface area contributed by atoms with Crippen molar-refractivity contribution in [3.8, 4) is 11.1 Å². The monoisotopic (exact) mass is 591 g/mol. The molecule has 1 atom stereocenters. The third kappa shape index (κ3) is 5.90. The minimum Gasteiger partial charge on any atom is -0.481 e. The first-order valence-electron chi connectivity index (χ1n) is 14.7. The van der Waals surface area contributed by atoms with Crippen molar-refractivity contribution >= 4 is 44.0 Å². The summed E-state index contributed by atoms with van der Waals surface area (Å²) >= 11 is 0. The third-order valence-corrected chi connectivity index (χ3v) is 10.5. The normalized spacial score (nSPS) is 21.0. The molecule has 3 N–H and O–H groups in total. The Morgan fingerprint density at radius 3 is 2.21 bits per heavy atom. The van der Waals surface area contributed by atoms with Crippen molar-refractivity contribution in [1.82, 2.24) is 14.6 Å². The first kappa shape index (κ1) is 30.0. The molecule has 9 heteroatoms. The van der Waals surface area contributed by atoms with Crippen LogP contribution in [-0.2, 0) is 21.5 Å². The predicted molar refractivity (Wildman–Crippen MR) is 167 cm³/mol. The molecule has 2 aliphatic carbocycles. The van der Waals surface area contributed by atoms with Gasteiger partial charge < -0.3 is 15.0 Å². The number of Topliss-reactive ketones (excluding diaryl/α,β-unsaturated/α-hetero) is 1. The van der Waals surface area contributed by atoms with E-state index in [1.807, 2.05) is 57.2 Å². The van der Waals surface area contributed by atoms with Crippen molar-refractivity contribution in [2.45, 2.75) is 82.2 Å². The van der Waals surface area contributed by atoms with Crippen molar-refractivity contribution in [2.75, 3.05) is 0 Å². The SMILES string of the molecule is C=S(=O)(NC(C)(C)C)c1ccc(-c2cc(C(=O)NC3CC(C(=O)O)C3)n(C)c2C(=O)C2CCCCC2)c2ccccc12. The number of carboxylic acid groups (broad SMARTS) is 1. The van der Waals surface area contributed by atoms with Crippen molar-refractivity contribution in [3.63, 3.8) is 0 Å². The lowest BCUT2D eigenvalue weighted by Gasteiger charge is -2.32. The molecule has 3 aromatic rings. The van der Waals surface area contributed by atoms with Crippen LogP contribution in [0.1, 0.15) is 86.7 Å². The summed E-state index contributed by atoms with van der Waals surface area (Å²) in [5.74, 6) is 2.36. The molecule has 1 amide bonds. The molecule has 2 aliphatic rings. The predicted octanol–water partition coefficient (Wildman–Crippen LogP) is 5.58. The summed E-state index contributed by atoms with van der Waals surface area (Å²) < 4.78 is 18.7. The van der Waals surface area contributed by atoms with Crippen molar-refractivity contribution in [2.24, 2.45) is 18.9 Å². The maximum atomic E-state index is 14.1. The van der Waals surface area contributed by atoms with Gasteiger partial charge in [0, 0.05) is 30.1 Å². The maximum Gasteiger partial charge on any atom is 0.306 e. The zero-order valence-electron chi connectivity index (χ0n) is 24.9. The summed E-state index contributed by atoms with van der Waals surface area (Å²) in [5, 5.41) is 13.8. The number of carbonyl (C=O) groups excluding carboxylic acids is 2. The van der Waals surface area contributed by atoms with E-state index in [2.05, 4.69) is 15.9 Å². The van der Waals surface area contributed by atoms with E-state index in [1.165, 1.54) is 0 Å². The van der Waals surface area contributed by atoms with Crippen LogP contribution in [-0.4, -0.2) is 49.0 Å². The first-order valence-corrected chi connectivity index (χ1v) is 16.5. The van der Waals surface area contributed by atoms with Gasteiger partial charge in [0.25, 0.3) is 5.91 Å². The standard InChI is InChI=1S/C33H41N3O5S/c1-33(2,3)35-42(5,41)28-16-15-24(23-13-9-10-14-25(23)28)26-19-27(31(38)34-22-17-21(18-22)32(39)40)36(4)29(26)30(37)20-11-7-6-8-12-20/h9-10,13-16,19-22H,5-8,11-12,17-18H2,1-4H3,(H,34,38)(H,35,41)(H,39,40). The lowest BCUT2D eigenvalue weighted by Crippen LogP contribution is -2.47. The Labute approximate surface area is 248 Å². The molecule has 42 heavy (non-hydrogen) atoms. The average molecular weight is 592 g/mol. The van der Waals surface area contributed by atoms with E-state index in [1.54, 1.807) is 17.7 Å². The minimum absolute atomic E-state index is 0.0318. The molecule has 1 heterocycles. The van der Waals surface area contributed by atoms with Crippen LogP contribution in [0.4, 0.5) is 0 Å². The molecular weight excluding hydrogens is 550 g/mol. The molecule has 2 fully saturated rings. The molecule has 2 saturated carbocycles. The summed E-state index contributed by atoms with van der Waals surface area (Å²) in [5.41, 5.74) is 1.86. The Hall–Kier alpha value is -3.43. The molecule has 0 spiro atoms. The van der Waals surface area contributed by atoms with E-state index in [9.17, 15) is 23.7 Å². The number of aliphatic carboxylic acids is 1. The fourth-order valence-electron chi connectivity index (χ4n) is 6.42. The van der Waals surface area contributed by atoms with Crippen LogP contribution in [0.2, 0.25) is 0 Å². The Bertz CT molecular complexity index is 1650. The fourth-order valence-corrected chi connectivity index (χ4v) is 8.34. The highest BCUT2D eigenvalue weighted by atomic mass is 32.2. The summed E-state index contributed by atoms with van der Waals surface area (Å²) in [6.07, 6.45) is 5.57. The first-order chi connectivity index (χ1) is 19.8. The Morgan fingerprint density at radius 1 is 0.952 bits per heavy atom. The molecule has 224 valence electrons. The van der Waals surface area contributed by atoms with Gasteiger partial charge in [0.15, 0.2) is 5.78 Å². The summed E-state index contributed by atoms with van der Waals surface area (Å²) in [6, 6.07) is 12.9. The lowest BCUT2D eigenvalue weighted by atomic mass is 9.80. The van der Waals surface area contributed by atoms with Gasteiger partial charge in [0.1, 0.15) is 5.69 Å². The van der Waals surface area contributed by atoms with Gasteiger partial charge in [-0.05, 0) is 80.8 Å². The van der Waals surface area contributed by atoms with Gasteiger partial charge in [-0.2, -0.15) is 0 Å². The number of hydrogen-bond donors (Lipinski definition) is 3. The van der Waals surface area contributed by atoms with Crippen LogP contribution >= 0.6 is 0 Å². The largest absolute Gasteiger partial charge is 0.481 e. The molecule has 1 unspecified atom stereocenters. The molecular formula is C33H41N3O5S. The zero-order chi connectivity index (χ0) is 30.4. The van der Waals surface area contributed by atoms with Crippen LogP contribution < -0.4 is 10.0 Å². The molecule has 1 aromatic heterocycles. The number of carbonyl (C=O) groups is 3. The van der Waals surface area contributed by atoms with Gasteiger partial charge in [0.05, 0.1) is 26.2 Å². The number of nitrogens with one attached hydrogen (secondary N) is 2. The molecule has 8 nitrogen and oxygen atoms in total. The molecule has 0 radical (unpaired) electrons. The van der Waals surface area contributed by atoms with Crippen molar-refractivity contribution < 1.29 is 23.7 Å². The van der Waals surface area contributed by atoms with Crippen LogP contribution in [0.25, 0.3) is 21.9 Å². The van der Waals surface area contributed by atoms with Crippen LogP contribution in [0.15, 0.2) is 47.4 Å². The number of amides is 1. The van der Waals surface area contributed by atoms with Gasteiger partial charge in [-0.25, -0.2) is 8.93 Å². The van der Waals surface area contributed by atoms with E-state index in [-0.39, 0.29) is 23.7 Å². The lowest BCUT2D eigenvalue weighted by molar-refractivity contribution is -0.145. The molecule has 0 aliphatic heterocycles. The van der Waals surface area contributed by atoms with Crippen molar-refractivity contribution in [3.05, 3.63) is 53.9 Å². The summed E-state index contributed by atoms with van der Waals surface area (Å²) in [4.78, 5) is 39.4. The number of hydrogen-bond acceptors (Lipinski definition) is 4. The van der Waals surface area contributed by atoms with E-state index < -0.39 is 27.1 Å². The van der Waals surface area contributed by atoms with Crippen LogP contribution in [0, 0.1) is 11.8 Å². The second-order valence-corrected chi connectivity index (χ2v) is 14.9. The van der Waals surface area contributed by atoms with E-state index in [0.29, 0.717) is 34.7 Å². The minimum atomic E-state index is -2.85. The van der Waals surface area contributed by atoms with Crippen LogP contribution in [0.5, 0.6) is 0 Å². The Kier molecular flexibility index (Phi) is 8.11. The molecule has 0 bridgehead atoms. The fraction of sp³-hybridized carbons (Fsp3) is 0.455. The second kappa shape index (κ2) is 11.3. The average Bonchev–Trinajstić information content (AvgIpc) is 3.24. The van der Waals surface area contributed by atoms with E-state index in [4.69, 9.17) is 0 Å². The molecule has 0 saturated heterocycles.